The van der Waals surface area contributed by atoms with Crippen molar-refractivity contribution in [1.82, 2.24) is 5.32 Å². The maximum Gasteiger partial charge on any atom is 0.243 e. The Balaban J connectivity index is 1.30. The van der Waals surface area contributed by atoms with E-state index in [1.807, 2.05) is 32.0 Å². The number of anilines is 1. The summed E-state index contributed by atoms with van der Waals surface area (Å²) in [7, 11) is 0. The van der Waals surface area contributed by atoms with Crippen molar-refractivity contribution in [3.05, 3.63) is 65.2 Å². The van der Waals surface area contributed by atoms with E-state index in [1.165, 1.54) is 24.8 Å². The molecule has 2 aromatic rings. The summed E-state index contributed by atoms with van der Waals surface area (Å²) >= 11 is 0. The molecule has 4 aliphatic rings. The lowest BCUT2D eigenvalue weighted by Crippen LogP contribution is -2.59. The van der Waals surface area contributed by atoms with Crippen LogP contribution in [-0.4, -0.2) is 18.4 Å². The Morgan fingerprint density at radius 1 is 0.903 bits per heavy atom. The van der Waals surface area contributed by atoms with Gasteiger partial charge in [0, 0.05) is 5.69 Å². The van der Waals surface area contributed by atoms with E-state index in [0.29, 0.717) is 11.8 Å². The molecule has 6 rings (SSSR count). The molecule has 0 saturated heterocycles. The number of benzene rings is 2. The predicted molar refractivity (Wildman–Crippen MR) is 123 cm³/mol. The summed E-state index contributed by atoms with van der Waals surface area (Å²) in [5.74, 6) is 1.16. The first-order chi connectivity index (χ1) is 14.9. The summed E-state index contributed by atoms with van der Waals surface area (Å²) in [6.45, 7) is 4.00. The summed E-state index contributed by atoms with van der Waals surface area (Å²) < 4.78 is 0. The quantitative estimate of drug-likeness (QED) is 0.729. The fraction of sp³-hybridized carbons (Fsp3) is 0.481. The van der Waals surface area contributed by atoms with E-state index < -0.39 is 0 Å². The number of para-hydroxylation sites is 1. The van der Waals surface area contributed by atoms with Crippen LogP contribution in [0.4, 0.5) is 5.69 Å². The van der Waals surface area contributed by atoms with Crippen LogP contribution in [0, 0.1) is 31.1 Å². The second-order valence-electron chi connectivity index (χ2n) is 10.4. The smallest absolute Gasteiger partial charge is 0.243 e. The summed E-state index contributed by atoms with van der Waals surface area (Å²) in [4.78, 5) is 26.1. The highest BCUT2D eigenvalue weighted by atomic mass is 16.2. The summed E-state index contributed by atoms with van der Waals surface area (Å²) in [5, 5.41) is 6.00. The minimum atomic E-state index is -0.321. The van der Waals surface area contributed by atoms with Gasteiger partial charge in [-0.05, 0) is 86.3 Å². The van der Waals surface area contributed by atoms with Crippen LogP contribution in [0.3, 0.4) is 0 Å². The molecule has 4 fully saturated rings. The van der Waals surface area contributed by atoms with Crippen LogP contribution in [0.5, 0.6) is 0 Å². The van der Waals surface area contributed by atoms with Gasteiger partial charge in [-0.25, -0.2) is 0 Å². The lowest BCUT2D eigenvalue weighted by atomic mass is 9.42. The van der Waals surface area contributed by atoms with Crippen LogP contribution in [0.25, 0.3) is 0 Å². The lowest BCUT2D eigenvalue weighted by molar-refractivity contribution is -0.149. The highest BCUT2D eigenvalue weighted by molar-refractivity contribution is 5.96. The van der Waals surface area contributed by atoms with Gasteiger partial charge in [-0.3, -0.25) is 9.59 Å². The molecule has 0 aromatic heterocycles. The molecule has 31 heavy (non-hydrogen) atoms. The number of carbonyl (C=O) groups excluding carboxylic acids is 2. The molecule has 2 unspecified atom stereocenters. The van der Waals surface area contributed by atoms with Gasteiger partial charge in [0.15, 0.2) is 0 Å². The molecule has 4 atom stereocenters. The van der Waals surface area contributed by atoms with Crippen molar-refractivity contribution in [2.75, 3.05) is 11.9 Å². The van der Waals surface area contributed by atoms with Gasteiger partial charge >= 0.3 is 0 Å². The number of aryl methyl sites for hydroxylation is 2. The van der Waals surface area contributed by atoms with Crippen molar-refractivity contribution < 1.29 is 9.59 Å². The molecular weight excluding hydrogens is 384 g/mol. The minimum Gasteiger partial charge on any atom is -0.347 e. The zero-order valence-electron chi connectivity index (χ0n) is 18.5. The third-order valence-electron chi connectivity index (χ3n) is 8.08. The molecule has 162 valence electrons. The second-order valence-corrected chi connectivity index (χ2v) is 10.4. The summed E-state index contributed by atoms with van der Waals surface area (Å²) in [6, 6.07) is 16.8. The molecule has 0 spiro atoms. The van der Waals surface area contributed by atoms with Crippen LogP contribution < -0.4 is 10.6 Å². The van der Waals surface area contributed by atoms with Gasteiger partial charge in [-0.1, -0.05) is 48.5 Å². The average molecular weight is 417 g/mol. The molecule has 0 heterocycles. The van der Waals surface area contributed by atoms with Crippen LogP contribution >= 0.6 is 0 Å². The van der Waals surface area contributed by atoms with Gasteiger partial charge in [0.1, 0.15) is 0 Å². The maximum atomic E-state index is 13.5. The first-order valence-electron chi connectivity index (χ1n) is 11.6. The molecule has 0 aliphatic heterocycles. The number of amides is 2. The molecule has 2 amide bonds. The molecular formula is C27H32N2O2. The Morgan fingerprint density at radius 3 is 2.19 bits per heavy atom. The van der Waals surface area contributed by atoms with Gasteiger partial charge in [0.05, 0.1) is 12.0 Å². The topological polar surface area (TPSA) is 58.2 Å². The van der Waals surface area contributed by atoms with E-state index >= 15 is 0 Å². The van der Waals surface area contributed by atoms with Crippen molar-refractivity contribution >= 4 is 17.5 Å². The Labute approximate surface area is 184 Å². The molecule has 2 N–H and O–H groups in total. The number of rotatable bonds is 5. The SMILES string of the molecule is Cc1cccc(C)c1NC(=O)CNC(=O)C12C[C@H]3C[C@@H](C1)CC(c1ccccc1)(C3)C2. The van der Waals surface area contributed by atoms with Gasteiger partial charge in [0.25, 0.3) is 0 Å². The van der Waals surface area contributed by atoms with Gasteiger partial charge in [0.2, 0.25) is 11.8 Å². The van der Waals surface area contributed by atoms with Crippen LogP contribution in [0.15, 0.2) is 48.5 Å². The molecule has 4 heteroatoms. The fourth-order valence-corrected chi connectivity index (χ4v) is 7.20. The molecule has 4 bridgehead atoms. The Kier molecular flexibility index (Phi) is 4.91. The second kappa shape index (κ2) is 7.51. The largest absolute Gasteiger partial charge is 0.347 e. The summed E-state index contributed by atoms with van der Waals surface area (Å²) in [6.07, 6.45) is 6.54. The van der Waals surface area contributed by atoms with Gasteiger partial charge in [-0.15, -0.1) is 0 Å². The number of hydrogen-bond acceptors (Lipinski definition) is 2. The van der Waals surface area contributed by atoms with Crippen LogP contribution in [-0.2, 0) is 15.0 Å². The van der Waals surface area contributed by atoms with Crippen molar-refractivity contribution in [3.8, 4) is 0 Å². The molecule has 0 radical (unpaired) electrons. The molecule has 4 nitrogen and oxygen atoms in total. The third kappa shape index (κ3) is 3.56. The fourth-order valence-electron chi connectivity index (χ4n) is 7.20. The first kappa shape index (κ1) is 20.3. The average Bonchev–Trinajstić information content (AvgIpc) is 2.74. The normalized spacial score (nSPS) is 30.8. The van der Waals surface area contributed by atoms with Crippen molar-refractivity contribution in [2.45, 2.75) is 57.8 Å². The third-order valence-corrected chi connectivity index (χ3v) is 8.08. The van der Waals surface area contributed by atoms with Crippen LogP contribution in [0.2, 0.25) is 0 Å². The number of nitrogens with one attached hydrogen (secondary N) is 2. The van der Waals surface area contributed by atoms with E-state index in [2.05, 4.69) is 41.0 Å². The van der Waals surface area contributed by atoms with Crippen molar-refractivity contribution in [3.63, 3.8) is 0 Å². The van der Waals surface area contributed by atoms with E-state index in [0.717, 1.165) is 36.1 Å². The molecule has 4 aliphatic carbocycles. The van der Waals surface area contributed by atoms with Gasteiger partial charge < -0.3 is 10.6 Å². The van der Waals surface area contributed by atoms with Gasteiger partial charge in [-0.2, -0.15) is 0 Å². The highest BCUT2D eigenvalue weighted by Crippen LogP contribution is 2.65. The number of carbonyl (C=O) groups is 2. The van der Waals surface area contributed by atoms with E-state index in [4.69, 9.17) is 0 Å². The Morgan fingerprint density at radius 2 is 1.55 bits per heavy atom. The minimum absolute atomic E-state index is 0.0298. The van der Waals surface area contributed by atoms with Crippen molar-refractivity contribution in [2.24, 2.45) is 17.3 Å². The monoisotopic (exact) mass is 416 g/mol. The maximum absolute atomic E-state index is 13.5. The highest BCUT2D eigenvalue weighted by Gasteiger charge is 2.60. The predicted octanol–water partition coefficient (Wildman–Crippen LogP) is 4.90. The van der Waals surface area contributed by atoms with Crippen LogP contribution in [0.1, 0.15) is 55.2 Å². The lowest BCUT2D eigenvalue weighted by Gasteiger charge is -2.61. The molecule has 2 aromatic carbocycles. The van der Waals surface area contributed by atoms with E-state index in [-0.39, 0.29) is 29.2 Å². The Bertz CT molecular complexity index is 979. The van der Waals surface area contributed by atoms with E-state index in [1.54, 1.807) is 0 Å². The zero-order chi connectivity index (χ0) is 21.6. The molecule has 4 saturated carbocycles. The number of hydrogen-bond donors (Lipinski definition) is 2. The Hall–Kier alpha value is -2.62. The zero-order valence-corrected chi connectivity index (χ0v) is 18.5. The standard InChI is InChI=1S/C27H32N2O2/c1-18-7-6-8-19(2)24(18)29-23(30)16-28-25(31)27-14-20-11-21(15-27)13-26(12-20,17-27)22-9-4-3-5-10-22/h3-10,20-21H,11-17H2,1-2H3,(H,28,31)(H,29,30)/t20-,21+,26?,27?. The summed E-state index contributed by atoms with van der Waals surface area (Å²) in [5.41, 5.74) is 4.12. The first-order valence-corrected chi connectivity index (χ1v) is 11.6. The van der Waals surface area contributed by atoms with E-state index in [9.17, 15) is 9.59 Å². The van der Waals surface area contributed by atoms with Crippen molar-refractivity contribution in [1.29, 1.82) is 0 Å².